The van der Waals surface area contributed by atoms with E-state index in [4.69, 9.17) is 0 Å². The lowest BCUT2D eigenvalue weighted by Gasteiger charge is -2.06. The van der Waals surface area contributed by atoms with E-state index in [1.54, 1.807) is 0 Å². The number of carbonyl (C=O) groups excluding carboxylic acids is 1. The number of hydrogen-bond acceptors (Lipinski definition) is 2. The normalized spacial score (nSPS) is 10.2. The van der Waals surface area contributed by atoms with E-state index in [0.29, 0.717) is 0 Å². The van der Waals surface area contributed by atoms with Gasteiger partial charge in [0.25, 0.3) is 0 Å². The van der Waals surface area contributed by atoms with Crippen LogP contribution < -0.4 is 10.6 Å². The van der Waals surface area contributed by atoms with Crippen LogP contribution in [-0.2, 0) is 4.79 Å². The molecule has 1 amide bonds. The molecule has 0 aliphatic carbocycles. The topological polar surface area (TPSA) is 41.1 Å². The highest BCUT2D eigenvalue weighted by Crippen LogP contribution is 1.89. The Labute approximate surface area is 68.6 Å². The van der Waals surface area contributed by atoms with Crippen LogP contribution in [0.4, 0.5) is 0 Å². The molecule has 0 heterocycles. The molecule has 0 aliphatic rings. The molecule has 66 valence electrons. The minimum atomic E-state index is 0.101. The molecule has 0 aliphatic heterocycles. The number of hydrogen-bond donors (Lipinski definition) is 2. The molecule has 0 aromatic carbocycles. The quantitative estimate of drug-likeness (QED) is 0.567. The highest BCUT2D eigenvalue weighted by molar-refractivity contribution is 5.77. The molecule has 2 N–H and O–H groups in total. The lowest BCUT2D eigenvalue weighted by atomic mass is 10.2. The fraction of sp³-hybridized carbons (Fsp3) is 0.875. The van der Waals surface area contributed by atoms with Gasteiger partial charge in [0, 0.05) is 12.5 Å². The van der Waals surface area contributed by atoms with Crippen molar-refractivity contribution in [3.63, 3.8) is 0 Å². The van der Waals surface area contributed by atoms with Gasteiger partial charge in [-0.1, -0.05) is 13.8 Å². The third-order valence-corrected chi connectivity index (χ3v) is 1.43. The van der Waals surface area contributed by atoms with Crippen LogP contribution in [-0.4, -0.2) is 26.0 Å². The maximum atomic E-state index is 11.0. The second-order valence-electron chi connectivity index (χ2n) is 2.90. The fourth-order valence-corrected chi connectivity index (χ4v) is 0.681. The monoisotopic (exact) mass is 158 g/mol. The third kappa shape index (κ3) is 5.85. The lowest BCUT2D eigenvalue weighted by Crippen LogP contribution is -2.29. The summed E-state index contributed by atoms with van der Waals surface area (Å²) in [5.74, 6) is 0.241. The minimum absolute atomic E-state index is 0.101. The zero-order valence-electron chi connectivity index (χ0n) is 7.61. The summed E-state index contributed by atoms with van der Waals surface area (Å²) in [6, 6.07) is 0. The van der Waals surface area contributed by atoms with E-state index < -0.39 is 0 Å². The van der Waals surface area contributed by atoms with Crippen LogP contribution in [0, 0.1) is 5.92 Å². The van der Waals surface area contributed by atoms with Gasteiger partial charge < -0.3 is 10.6 Å². The molecule has 0 radical (unpaired) electrons. The number of carbonyl (C=O) groups is 1. The standard InChI is InChI=1S/C8H18N2O/c1-7(2)8(11)10-6-4-5-9-3/h7,9H,4-6H2,1-3H3,(H,10,11). The summed E-state index contributed by atoms with van der Waals surface area (Å²) in [5.41, 5.74) is 0. The van der Waals surface area contributed by atoms with Crippen molar-refractivity contribution in [1.82, 2.24) is 10.6 Å². The average Bonchev–Trinajstić information content (AvgIpc) is 1.97. The summed E-state index contributed by atoms with van der Waals surface area (Å²) in [4.78, 5) is 11.0. The second-order valence-corrected chi connectivity index (χ2v) is 2.90. The van der Waals surface area contributed by atoms with Gasteiger partial charge in [0.1, 0.15) is 0 Å². The van der Waals surface area contributed by atoms with Crippen LogP contribution in [0.25, 0.3) is 0 Å². The van der Waals surface area contributed by atoms with Crippen LogP contribution >= 0.6 is 0 Å². The van der Waals surface area contributed by atoms with Crippen molar-refractivity contribution in [2.75, 3.05) is 20.1 Å². The summed E-state index contributed by atoms with van der Waals surface area (Å²) in [6.45, 7) is 5.52. The maximum absolute atomic E-state index is 11.0. The van der Waals surface area contributed by atoms with E-state index in [-0.39, 0.29) is 11.8 Å². The van der Waals surface area contributed by atoms with Gasteiger partial charge in [-0.05, 0) is 20.0 Å². The van der Waals surface area contributed by atoms with Crippen LogP contribution in [0.1, 0.15) is 20.3 Å². The van der Waals surface area contributed by atoms with Crippen molar-refractivity contribution in [3.05, 3.63) is 0 Å². The Balaban J connectivity index is 3.18. The molecule has 0 spiro atoms. The van der Waals surface area contributed by atoms with Crippen molar-refractivity contribution in [3.8, 4) is 0 Å². The highest BCUT2D eigenvalue weighted by atomic mass is 16.1. The van der Waals surface area contributed by atoms with E-state index in [1.807, 2.05) is 20.9 Å². The van der Waals surface area contributed by atoms with E-state index in [2.05, 4.69) is 10.6 Å². The molecule has 3 heteroatoms. The molecule has 0 rings (SSSR count). The van der Waals surface area contributed by atoms with Crippen molar-refractivity contribution >= 4 is 5.91 Å². The Hall–Kier alpha value is -0.570. The van der Waals surface area contributed by atoms with Gasteiger partial charge in [-0.2, -0.15) is 0 Å². The Morgan fingerprint density at radius 2 is 2.00 bits per heavy atom. The van der Waals surface area contributed by atoms with Gasteiger partial charge in [0.2, 0.25) is 5.91 Å². The number of rotatable bonds is 5. The van der Waals surface area contributed by atoms with Gasteiger partial charge in [0.05, 0.1) is 0 Å². The largest absolute Gasteiger partial charge is 0.356 e. The molecule has 0 saturated carbocycles. The predicted molar refractivity (Wildman–Crippen MR) is 46.4 cm³/mol. The smallest absolute Gasteiger partial charge is 0.222 e. The third-order valence-electron chi connectivity index (χ3n) is 1.43. The van der Waals surface area contributed by atoms with Crippen LogP contribution in [0.15, 0.2) is 0 Å². The zero-order chi connectivity index (χ0) is 8.69. The van der Waals surface area contributed by atoms with Gasteiger partial charge in [-0.15, -0.1) is 0 Å². The van der Waals surface area contributed by atoms with Crippen molar-refractivity contribution < 1.29 is 4.79 Å². The van der Waals surface area contributed by atoms with E-state index in [9.17, 15) is 4.79 Å². The van der Waals surface area contributed by atoms with Gasteiger partial charge in [0.15, 0.2) is 0 Å². The Bertz CT molecular complexity index is 113. The van der Waals surface area contributed by atoms with Crippen molar-refractivity contribution in [2.45, 2.75) is 20.3 Å². The molecule has 0 unspecified atom stereocenters. The summed E-state index contributed by atoms with van der Waals surface area (Å²) >= 11 is 0. The summed E-state index contributed by atoms with van der Waals surface area (Å²) in [5, 5.41) is 5.86. The summed E-state index contributed by atoms with van der Waals surface area (Å²) in [6.07, 6.45) is 0.995. The van der Waals surface area contributed by atoms with Gasteiger partial charge in [-0.3, -0.25) is 4.79 Å². The molecule has 0 atom stereocenters. The zero-order valence-corrected chi connectivity index (χ0v) is 7.61. The van der Waals surface area contributed by atoms with Crippen molar-refractivity contribution in [1.29, 1.82) is 0 Å². The fourth-order valence-electron chi connectivity index (χ4n) is 0.681. The van der Waals surface area contributed by atoms with Crippen LogP contribution in [0.3, 0.4) is 0 Å². The molecule has 3 nitrogen and oxygen atoms in total. The van der Waals surface area contributed by atoms with Crippen molar-refractivity contribution in [2.24, 2.45) is 5.92 Å². The van der Waals surface area contributed by atoms with E-state index >= 15 is 0 Å². The average molecular weight is 158 g/mol. The highest BCUT2D eigenvalue weighted by Gasteiger charge is 2.03. The van der Waals surface area contributed by atoms with Gasteiger partial charge >= 0.3 is 0 Å². The molecule has 0 saturated heterocycles. The minimum Gasteiger partial charge on any atom is -0.356 e. The van der Waals surface area contributed by atoms with E-state index in [1.165, 1.54) is 0 Å². The molecule has 0 fully saturated rings. The molecule has 11 heavy (non-hydrogen) atoms. The Morgan fingerprint density at radius 1 is 1.36 bits per heavy atom. The second kappa shape index (κ2) is 6.16. The first-order valence-corrected chi connectivity index (χ1v) is 4.10. The van der Waals surface area contributed by atoms with E-state index in [0.717, 1.165) is 19.5 Å². The lowest BCUT2D eigenvalue weighted by molar-refractivity contribution is -0.123. The van der Waals surface area contributed by atoms with Gasteiger partial charge in [-0.25, -0.2) is 0 Å². The Morgan fingerprint density at radius 3 is 2.45 bits per heavy atom. The first-order valence-electron chi connectivity index (χ1n) is 4.10. The SMILES string of the molecule is CNCCCNC(=O)C(C)C. The first-order chi connectivity index (χ1) is 5.18. The van der Waals surface area contributed by atoms with Crippen LogP contribution in [0.2, 0.25) is 0 Å². The number of amides is 1. The Kier molecular flexibility index (Phi) is 5.84. The summed E-state index contributed by atoms with van der Waals surface area (Å²) < 4.78 is 0. The molecule has 0 bridgehead atoms. The molecular formula is C8H18N2O. The molecular weight excluding hydrogens is 140 g/mol. The first kappa shape index (κ1) is 10.4. The molecule has 0 aromatic heterocycles. The van der Waals surface area contributed by atoms with Crippen LogP contribution in [0.5, 0.6) is 0 Å². The summed E-state index contributed by atoms with van der Waals surface area (Å²) in [7, 11) is 1.91. The molecule has 0 aromatic rings. The maximum Gasteiger partial charge on any atom is 0.222 e. The predicted octanol–water partition coefficient (Wildman–Crippen LogP) is 0.368. The number of nitrogens with one attached hydrogen (secondary N) is 2.